The summed E-state index contributed by atoms with van der Waals surface area (Å²) in [5.74, 6) is -0.0151. The first-order chi connectivity index (χ1) is 12.6. The SMILES string of the molecule is O=C(CCCCN1CC=C(c2ccc(F)cc2)CC1)c1ccc(Cl)cc1. The predicted molar refractivity (Wildman–Crippen MR) is 105 cm³/mol. The minimum atomic E-state index is -0.195. The first-order valence-electron chi connectivity index (χ1n) is 9.08. The quantitative estimate of drug-likeness (QED) is 0.465. The van der Waals surface area contributed by atoms with Crippen LogP contribution in [0, 0.1) is 5.82 Å². The molecule has 0 fully saturated rings. The first kappa shape index (κ1) is 18.8. The summed E-state index contributed by atoms with van der Waals surface area (Å²) in [6, 6.07) is 13.8. The molecule has 1 aliphatic heterocycles. The highest BCUT2D eigenvalue weighted by Gasteiger charge is 2.13. The summed E-state index contributed by atoms with van der Waals surface area (Å²) in [5.41, 5.74) is 3.14. The fourth-order valence-corrected chi connectivity index (χ4v) is 3.37. The zero-order valence-corrected chi connectivity index (χ0v) is 15.5. The van der Waals surface area contributed by atoms with Crippen LogP contribution in [-0.4, -0.2) is 30.3 Å². The van der Waals surface area contributed by atoms with Crippen LogP contribution >= 0.6 is 11.6 Å². The van der Waals surface area contributed by atoms with E-state index >= 15 is 0 Å². The van der Waals surface area contributed by atoms with Crippen LogP contribution in [0.4, 0.5) is 4.39 Å². The molecule has 136 valence electrons. The number of carbonyl (C=O) groups excluding carboxylic acids is 1. The van der Waals surface area contributed by atoms with E-state index in [-0.39, 0.29) is 11.6 Å². The predicted octanol–water partition coefficient (Wildman–Crippen LogP) is 5.62. The van der Waals surface area contributed by atoms with Crippen LogP contribution < -0.4 is 0 Å². The molecule has 0 spiro atoms. The van der Waals surface area contributed by atoms with Crippen molar-refractivity contribution in [1.29, 1.82) is 0 Å². The van der Waals surface area contributed by atoms with Gasteiger partial charge in [0.1, 0.15) is 5.82 Å². The summed E-state index contributed by atoms with van der Waals surface area (Å²) < 4.78 is 13.0. The normalized spacial score (nSPS) is 14.9. The van der Waals surface area contributed by atoms with E-state index < -0.39 is 0 Å². The largest absolute Gasteiger partial charge is 0.299 e. The number of ketones is 1. The van der Waals surface area contributed by atoms with Gasteiger partial charge in [0.15, 0.2) is 5.78 Å². The molecule has 1 heterocycles. The van der Waals surface area contributed by atoms with Gasteiger partial charge in [0, 0.05) is 30.1 Å². The van der Waals surface area contributed by atoms with Crippen LogP contribution in [-0.2, 0) is 0 Å². The Kier molecular flexibility index (Phi) is 6.59. The van der Waals surface area contributed by atoms with E-state index in [4.69, 9.17) is 11.6 Å². The van der Waals surface area contributed by atoms with Gasteiger partial charge in [-0.3, -0.25) is 9.69 Å². The fraction of sp³-hybridized carbons (Fsp3) is 0.318. The molecule has 0 radical (unpaired) electrons. The Labute approximate surface area is 159 Å². The van der Waals surface area contributed by atoms with Crippen LogP contribution in [0.1, 0.15) is 41.6 Å². The fourth-order valence-electron chi connectivity index (χ4n) is 3.24. The summed E-state index contributed by atoms with van der Waals surface area (Å²) in [4.78, 5) is 14.5. The van der Waals surface area contributed by atoms with E-state index in [1.807, 2.05) is 12.1 Å². The molecule has 0 saturated carbocycles. The van der Waals surface area contributed by atoms with Crippen molar-refractivity contribution in [1.82, 2.24) is 4.90 Å². The average molecular weight is 372 g/mol. The van der Waals surface area contributed by atoms with Gasteiger partial charge in [-0.1, -0.05) is 29.8 Å². The van der Waals surface area contributed by atoms with Crippen molar-refractivity contribution in [3.05, 3.63) is 76.6 Å². The number of benzene rings is 2. The molecule has 2 aromatic carbocycles. The lowest BCUT2D eigenvalue weighted by Crippen LogP contribution is -2.29. The maximum atomic E-state index is 13.0. The van der Waals surface area contributed by atoms with Gasteiger partial charge in [-0.25, -0.2) is 4.39 Å². The van der Waals surface area contributed by atoms with E-state index in [0.29, 0.717) is 11.4 Å². The lowest BCUT2D eigenvalue weighted by molar-refractivity contribution is 0.0978. The van der Waals surface area contributed by atoms with Crippen molar-refractivity contribution in [2.24, 2.45) is 0 Å². The number of halogens is 2. The van der Waals surface area contributed by atoms with Gasteiger partial charge in [-0.05, 0) is 73.3 Å². The zero-order valence-electron chi connectivity index (χ0n) is 14.8. The monoisotopic (exact) mass is 371 g/mol. The molecule has 0 aliphatic carbocycles. The Morgan fingerprint density at radius 1 is 1.04 bits per heavy atom. The van der Waals surface area contributed by atoms with Crippen LogP contribution in [0.25, 0.3) is 5.57 Å². The lowest BCUT2D eigenvalue weighted by Gasteiger charge is -2.26. The smallest absolute Gasteiger partial charge is 0.162 e. The van der Waals surface area contributed by atoms with Gasteiger partial charge < -0.3 is 0 Å². The van der Waals surface area contributed by atoms with E-state index in [1.165, 1.54) is 17.7 Å². The van der Waals surface area contributed by atoms with Gasteiger partial charge in [0.25, 0.3) is 0 Å². The minimum absolute atomic E-state index is 0.179. The van der Waals surface area contributed by atoms with Crippen molar-refractivity contribution in [3.8, 4) is 0 Å². The second kappa shape index (κ2) is 9.11. The summed E-state index contributed by atoms with van der Waals surface area (Å²) in [6.07, 6.45) is 5.70. The molecule has 0 aromatic heterocycles. The first-order valence-corrected chi connectivity index (χ1v) is 9.46. The summed E-state index contributed by atoms with van der Waals surface area (Å²) in [6.45, 7) is 2.92. The Bertz CT molecular complexity index is 768. The standard InChI is InChI=1S/C22H23ClFNO/c23-20-8-4-19(5-9-20)22(26)3-1-2-14-25-15-12-18(13-16-25)17-6-10-21(24)11-7-17/h4-12H,1-3,13-16H2. The van der Waals surface area contributed by atoms with Crippen molar-refractivity contribution < 1.29 is 9.18 Å². The Morgan fingerprint density at radius 3 is 2.42 bits per heavy atom. The Hall–Kier alpha value is -1.97. The number of hydrogen-bond donors (Lipinski definition) is 0. The number of Topliss-reactive ketones (excluding diaryl/α,β-unsaturated/α-hetero) is 1. The van der Waals surface area contributed by atoms with Gasteiger partial charge in [0.05, 0.1) is 0 Å². The molecule has 0 N–H and O–H groups in total. The summed E-state index contributed by atoms with van der Waals surface area (Å²) in [7, 11) is 0. The third-order valence-corrected chi connectivity index (χ3v) is 5.05. The maximum Gasteiger partial charge on any atom is 0.162 e. The van der Waals surface area contributed by atoms with Crippen LogP contribution in [0.5, 0.6) is 0 Å². The number of rotatable bonds is 7. The maximum absolute atomic E-state index is 13.0. The zero-order chi connectivity index (χ0) is 18.4. The van der Waals surface area contributed by atoms with Gasteiger partial charge in [-0.15, -0.1) is 0 Å². The summed E-state index contributed by atoms with van der Waals surface area (Å²) in [5, 5.41) is 0.653. The van der Waals surface area contributed by atoms with Gasteiger partial charge in [-0.2, -0.15) is 0 Å². The van der Waals surface area contributed by atoms with Crippen molar-refractivity contribution in [2.75, 3.05) is 19.6 Å². The van der Waals surface area contributed by atoms with Gasteiger partial charge >= 0.3 is 0 Å². The molecule has 0 amide bonds. The topological polar surface area (TPSA) is 20.3 Å². The van der Waals surface area contributed by atoms with Crippen molar-refractivity contribution in [3.63, 3.8) is 0 Å². The van der Waals surface area contributed by atoms with Gasteiger partial charge in [0.2, 0.25) is 0 Å². The van der Waals surface area contributed by atoms with E-state index in [1.54, 1.807) is 24.3 Å². The van der Waals surface area contributed by atoms with E-state index in [0.717, 1.165) is 50.0 Å². The highest BCUT2D eigenvalue weighted by molar-refractivity contribution is 6.30. The van der Waals surface area contributed by atoms with Crippen LogP contribution in [0.3, 0.4) is 0 Å². The molecule has 4 heteroatoms. The molecule has 0 saturated heterocycles. The molecule has 26 heavy (non-hydrogen) atoms. The molecule has 1 aliphatic rings. The highest BCUT2D eigenvalue weighted by Crippen LogP contribution is 2.22. The third-order valence-electron chi connectivity index (χ3n) is 4.80. The van der Waals surface area contributed by atoms with E-state index in [9.17, 15) is 9.18 Å². The Morgan fingerprint density at radius 2 is 1.77 bits per heavy atom. The molecular formula is C22H23ClFNO. The molecule has 2 aromatic rings. The third kappa shape index (κ3) is 5.26. The lowest BCUT2D eigenvalue weighted by atomic mass is 9.99. The van der Waals surface area contributed by atoms with Crippen molar-refractivity contribution in [2.45, 2.75) is 25.7 Å². The van der Waals surface area contributed by atoms with Crippen LogP contribution in [0.2, 0.25) is 5.02 Å². The molecular weight excluding hydrogens is 349 g/mol. The van der Waals surface area contributed by atoms with Crippen LogP contribution in [0.15, 0.2) is 54.6 Å². The van der Waals surface area contributed by atoms with E-state index in [2.05, 4.69) is 11.0 Å². The molecule has 0 unspecified atom stereocenters. The molecule has 0 bridgehead atoms. The second-order valence-electron chi connectivity index (χ2n) is 6.67. The minimum Gasteiger partial charge on any atom is -0.299 e. The number of hydrogen-bond acceptors (Lipinski definition) is 2. The highest BCUT2D eigenvalue weighted by atomic mass is 35.5. The number of nitrogens with zero attached hydrogens (tertiary/aromatic N) is 1. The number of unbranched alkanes of at least 4 members (excludes halogenated alkanes) is 1. The molecule has 3 rings (SSSR count). The number of carbonyl (C=O) groups is 1. The Balaban J connectivity index is 1.39. The summed E-state index contributed by atoms with van der Waals surface area (Å²) >= 11 is 5.85. The average Bonchev–Trinajstić information content (AvgIpc) is 2.67. The van der Waals surface area contributed by atoms with Crippen molar-refractivity contribution >= 4 is 23.0 Å². The molecule has 2 nitrogen and oxygen atoms in total. The second-order valence-corrected chi connectivity index (χ2v) is 7.11. The molecule has 0 atom stereocenters.